The molecule has 0 spiro atoms. The SMILES string of the molecule is [SeH2].c1ccc2cc3cc4ccccc4cc3cc2c1. The second-order valence-electron chi connectivity index (χ2n) is 4.75. The molecule has 0 amide bonds. The van der Waals surface area contributed by atoms with Crippen molar-refractivity contribution >= 4 is 49.4 Å². The molecule has 1 heteroatoms. The van der Waals surface area contributed by atoms with Gasteiger partial charge in [-0.25, -0.2) is 0 Å². The third kappa shape index (κ3) is 2.02. The predicted octanol–water partition coefficient (Wildman–Crippen LogP) is 4.23. The van der Waals surface area contributed by atoms with Crippen molar-refractivity contribution in [1.82, 2.24) is 0 Å². The van der Waals surface area contributed by atoms with Gasteiger partial charge >= 0.3 is 17.1 Å². The van der Waals surface area contributed by atoms with E-state index >= 15 is 0 Å². The van der Waals surface area contributed by atoms with Gasteiger partial charge in [-0.05, 0) is 56.6 Å². The summed E-state index contributed by atoms with van der Waals surface area (Å²) in [6.07, 6.45) is 0. The fourth-order valence-electron chi connectivity index (χ4n) is 2.63. The molecule has 0 atom stereocenters. The first kappa shape index (κ1) is 12.2. The summed E-state index contributed by atoms with van der Waals surface area (Å²) in [6.45, 7) is 0. The minimum absolute atomic E-state index is 0. The van der Waals surface area contributed by atoms with E-state index in [9.17, 15) is 0 Å². The largest absolute Gasteiger partial charge is 0.0616 e. The molecule has 0 aliphatic carbocycles. The van der Waals surface area contributed by atoms with E-state index in [1.54, 1.807) is 0 Å². The van der Waals surface area contributed by atoms with E-state index in [2.05, 4.69) is 72.8 Å². The average Bonchev–Trinajstić information content (AvgIpc) is 2.42. The summed E-state index contributed by atoms with van der Waals surface area (Å²) >= 11 is 0. The molecule has 0 unspecified atom stereocenters. The van der Waals surface area contributed by atoms with E-state index in [0.717, 1.165) is 0 Å². The van der Waals surface area contributed by atoms with Crippen molar-refractivity contribution in [2.75, 3.05) is 0 Å². The topological polar surface area (TPSA) is 0 Å². The van der Waals surface area contributed by atoms with Gasteiger partial charge in [0.1, 0.15) is 0 Å². The van der Waals surface area contributed by atoms with Crippen molar-refractivity contribution in [3.05, 3.63) is 72.8 Å². The van der Waals surface area contributed by atoms with E-state index in [0.29, 0.717) is 0 Å². The van der Waals surface area contributed by atoms with Gasteiger partial charge in [0.05, 0.1) is 0 Å². The number of fused-ring (bicyclic) bond motifs is 3. The van der Waals surface area contributed by atoms with Crippen LogP contribution in [0.3, 0.4) is 0 Å². The molecule has 0 fully saturated rings. The standard InChI is InChI=1S/C18H12.H2Se/c1-2-6-14-10-18-12-16-8-4-3-7-15(16)11-17(18)9-13(14)5-1;/h1-12H;1H2. The average molecular weight is 309 g/mol. The molecule has 0 heterocycles. The van der Waals surface area contributed by atoms with E-state index in [-0.39, 0.29) is 17.1 Å². The van der Waals surface area contributed by atoms with Crippen LogP contribution < -0.4 is 0 Å². The molecule has 0 aromatic heterocycles. The number of benzene rings is 4. The van der Waals surface area contributed by atoms with Crippen molar-refractivity contribution in [3.63, 3.8) is 0 Å². The van der Waals surface area contributed by atoms with Crippen LogP contribution >= 0.6 is 0 Å². The van der Waals surface area contributed by atoms with Crippen molar-refractivity contribution in [3.8, 4) is 0 Å². The Hall–Kier alpha value is -1.82. The molecular weight excluding hydrogens is 295 g/mol. The molecule has 0 nitrogen and oxygen atoms in total. The van der Waals surface area contributed by atoms with Crippen LogP contribution in [0.2, 0.25) is 0 Å². The molecule has 92 valence electrons. The summed E-state index contributed by atoms with van der Waals surface area (Å²) in [4.78, 5) is 0. The van der Waals surface area contributed by atoms with Gasteiger partial charge in [-0.15, -0.1) is 0 Å². The first-order valence-electron chi connectivity index (χ1n) is 6.21. The monoisotopic (exact) mass is 310 g/mol. The maximum atomic E-state index is 2.27. The fourth-order valence-corrected chi connectivity index (χ4v) is 2.63. The third-order valence-corrected chi connectivity index (χ3v) is 3.57. The van der Waals surface area contributed by atoms with Crippen LogP contribution in [0.25, 0.3) is 32.3 Å². The van der Waals surface area contributed by atoms with Crippen LogP contribution in [-0.2, 0) is 0 Å². The first-order valence-corrected chi connectivity index (χ1v) is 6.21. The summed E-state index contributed by atoms with van der Waals surface area (Å²) in [6, 6.07) is 26.2. The van der Waals surface area contributed by atoms with E-state index in [1.165, 1.54) is 32.3 Å². The minimum Gasteiger partial charge on any atom is -0.0616 e. The van der Waals surface area contributed by atoms with Gasteiger partial charge in [0.25, 0.3) is 0 Å². The zero-order valence-corrected chi connectivity index (χ0v) is 12.5. The van der Waals surface area contributed by atoms with Gasteiger partial charge < -0.3 is 0 Å². The predicted molar refractivity (Wildman–Crippen MR) is 87.5 cm³/mol. The Morgan fingerprint density at radius 1 is 0.368 bits per heavy atom. The quantitative estimate of drug-likeness (QED) is 0.337. The maximum Gasteiger partial charge on any atom is -0.0171 e. The smallest absolute Gasteiger partial charge is 0.0171 e. The Morgan fingerprint density at radius 3 is 0.895 bits per heavy atom. The van der Waals surface area contributed by atoms with E-state index in [4.69, 9.17) is 0 Å². The van der Waals surface area contributed by atoms with E-state index < -0.39 is 0 Å². The molecule has 0 bridgehead atoms. The zero-order chi connectivity index (χ0) is 11.9. The Labute approximate surface area is 122 Å². The van der Waals surface area contributed by atoms with Crippen LogP contribution in [0.15, 0.2) is 72.8 Å². The van der Waals surface area contributed by atoms with Crippen LogP contribution in [0.5, 0.6) is 0 Å². The fraction of sp³-hybridized carbons (Fsp3) is 0. The third-order valence-electron chi connectivity index (χ3n) is 3.57. The van der Waals surface area contributed by atoms with Gasteiger partial charge in [0.15, 0.2) is 0 Å². The molecule has 4 aromatic carbocycles. The van der Waals surface area contributed by atoms with Gasteiger partial charge in [-0.1, -0.05) is 48.5 Å². The molecule has 0 N–H and O–H groups in total. The first-order chi connectivity index (χ1) is 8.90. The Balaban J connectivity index is 0.00000110. The van der Waals surface area contributed by atoms with Crippen LogP contribution in [0.1, 0.15) is 0 Å². The van der Waals surface area contributed by atoms with E-state index in [1.807, 2.05) is 0 Å². The summed E-state index contributed by atoms with van der Waals surface area (Å²) in [5.41, 5.74) is 0. The second-order valence-corrected chi connectivity index (χ2v) is 4.75. The number of rotatable bonds is 0. The molecular formula is C18H14Se. The van der Waals surface area contributed by atoms with Crippen LogP contribution in [-0.4, -0.2) is 17.1 Å². The molecule has 0 aliphatic heterocycles. The minimum atomic E-state index is 0. The van der Waals surface area contributed by atoms with Gasteiger partial charge in [0.2, 0.25) is 0 Å². The Morgan fingerprint density at radius 2 is 0.632 bits per heavy atom. The molecule has 19 heavy (non-hydrogen) atoms. The molecule has 0 aliphatic rings. The summed E-state index contributed by atoms with van der Waals surface area (Å²) < 4.78 is 0. The van der Waals surface area contributed by atoms with Crippen molar-refractivity contribution in [1.29, 1.82) is 0 Å². The summed E-state index contributed by atoms with van der Waals surface area (Å²) in [5, 5.41) is 7.85. The summed E-state index contributed by atoms with van der Waals surface area (Å²) in [5.74, 6) is 0. The normalized spacial score (nSPS) is 10.7. The number of hydrogen-bond donors (Lipinski definition) is 0. The maximum absolute atomic E-state index is 2.27. The Kier molecular flexibility index (Phi) is 3.02. The van der Waals surface area contributed by atoms with Crippen LogP contribution in [0, 0.1) is 0 Å². The molecule has 4 rings (SSSR count). The van der Waals surface area contributed by atoms with Crippen molar-refractivity contribution < 1.29 is 0 Å². The number of hydrogen-bond acceptors (Lipinski definition) is 0. The van der Waals surface area contributed by atoms with Crippen LogP contribution in [0.4, 0.5) is 0 Å². The molecule has 0 saturated carbocycles. The van der Waals surface area contributed by atoms with Gasteiger partial charge in [-0.2, -0.15) is 0 Å². The molecule has 4 aromatic rings. The van der Waals surface area contributed by atoms with Crippen molar-refractivity contribution in [2.24, 2.45) is 0 Å². The summed E-state index contributed by atoms with van der Waals surface area (Å²) in [7, 11) is 0. The van der Waals surface area contributed by atoms with Gasteiger partial charge in [-0.3, -0.25) is 0 Å². The van der Waals surface area contributed by atoms with Crippen molar-refractivity contribution in [2.45, 2.75) is 0 Å². The Bertz CT molecular complexity index is 734. The van der Waals surface area contributed by atoms with Gasteiger partial charge in [0, 0.05) is 0 Å². The molecule has 0 radical (unpaired) electrons. The zero-order valence-electron chi connectivity index (χ0n) is 10.4. The second kappa shape index (κ2) is 4.69. The molecule has 0 saturated heterocycles.